The van der Waals surface area contributed by atoms with Crippen molar-refractivity contribution in [3.8, 4) is 0 Å². The van der Waals surface area contributed by atoms with Crippen LogP contribution >= 0.6 is 22.6 Å². The number of rotatable bonds is 2. The summed E-state index contributed by atoms with van der Waals surface area (Å²) in [6.07, 6.45) is 1.10. The lowest BCUT2D eigenvalue weighted by atomic mass is 9.99. The largest absolute Gasteiger partial charge is 0.346 e. The van der Waals surface area contributed by atoms with Crippen molar-refractivity contribution < 1.29 is 14.6 Å². The first-order valence-corrected chi connectivity index (χ1v) is 5.88. The molecule has 4 atom stereocenters. The molecule has 0 spiro atoms. The zero-order chi connectivity index (χ0) is 10.0. The van der Waals surface area contributed by atoms with Crippen molar-refractivity contribution in [2.45, 2.75) is 49.8 Å². The summed E-state index contributed by atoms with van der Waals surface area (Å²) in [6, 6.07) is 0. The Bertz CT molecular complexity index is 145. The van der Waals surface area contributed by atoms with Gasteiger partial charge in [0.05, 0.1) is 12.2 Å². The van der Waals surface area contributed by atoms with Gasteiger partial charge in [-0.05, 0) is 5.92 Å². The number of alkyl halides is 1. The first kappa shape index (κ1) is 11.7. The maximum absolute atomic E-state index is 9.30. The minimum atomic E-state index is -1.04. The van der Waals surface area contributed by atoms with Gasteiger partial charge in [0.15, 0.2) is 0 Å². The predicted octanol–water partition coefficient (Wildman–Crippen LogP) is 1.92. The van der Waals surface area contributed by atoms with E-state index in [1.54, 1.807) is 0 Å². The van der Waals surface area contributed by atoms with Gasteiger partial charge in [-0.3, -0.25) is 0 Å². The monoisotopic (exact) mass is 300 g/mol. The van der Waals surface area contributed by atoms with Crippen molar-refractivity contribution in [3.05, 3.63) is 0 Å². The fourth-order valence-electron chi connectivity index (χ4n) is 1.40. The minimum absolute atomic E-state index is 0.108. The van der Waals surface area contributed by atoms with Crippen LogP contribution in [0.2, 0.25) is 0 Å². The summed E-state index contributed by atoms with van der Waals surface area (Å²) in [5.41, 5.74) is 0. The zero-order valence-corrected chi connectivity index (χ0v) is 10.4. The molecule has 1 rings (SSSR count). The molecule has 0 amide bonds. The lowest BCUT2D eigenvalue weighted by Gasteiger charge is -2.36. The van der Waals surface area contributed by atoms with Gasteiger partial charge in [0, 0.05) is 10.3 Å². The van der Waals surface area contributed by atoms with Gasteiger partial charge in [0.1, 0.15) is 0 Å². The number of hydrogen-bond donors (Lipinski definition) is 1. The Morgan fingerprint density at radius 1 is 1.23 bits per heavy atom. The van der Waals surface area contributed by atoms with Crippen molar-refractivity contribution in [3.63, 3.8) is 0 Å². The first-order chi connectivity index (χ1) is 6.00. The standard InChI is InChI=1S/C9H17IO3/c1-5(2)7-4-8(6(3)10)13-9(11)12-7/h5-9,11H,4H2,1-3H3. The topological polar surface area (TPSA) is 38.7 Å². The SMILES string of the molecule is CC(C)C1CC(C(C)I)OC(O)O1. The highest BCUT2D eigenvalue weighted by atomic mass is 127. The van der Waals surface area contributed by atoms with Gasteiger partial charge in [-0.25, -0.2) is 0 Å². The van der Waals surface area contributed by atoms with E-state index < -0.39 is 6.48 Å². The molecule has 1 fully saturated rings. The second kappa shape index (κ2) is 4.91. The maximum atomic E-state index is 9.30. The summed E-state index contributed by atoms with van der Waals surface area (Å²) in [4.78, 5) is 0. The quantitative estimate of drug-likeness (QED) is 0.625. The summed E-state index contributed by atoms with van der Waals surface area (Å²) < 4.78 is 10.9. The average Bonchev–Trinajstić information content (AvgIpc) is 2.03. The summed E-state index contributed by atoms with van der Waals surface area (Å²) in [5.74, 6) is 0.427. The van der Waals surface area contributed by atoms with Crippen LogP contribution in [0, 0.1) is 5.92 Å². The molecule has 4 heteroatoms. The Labute approximate surface area is 92.9 Å². The molecule has 4 unspecified atom stereocenters. The molecule has 1 heterocycles. The molecule has 0 aliphatic carbocycles. The van der Waals surface area contributed by atoms with Gasteiger partial charge < -0.3 is 14.6 Å². The maximum Gasteiger partial charge on any atom is 0.269 e. The van der Waals surface area contributed by atoms with E-state index >= 15 is 0 Å². The first-order valence-electron chi connectivity index (χ1n) is 4.63. The molecule has 1 aliphatic rings. The normalized spacial score (nSPS) is 37.8. The minimum Gasteiger partial charge on any atom is -0.346 e. The van der Waals surface area contributed by atoms with Crippen molar-refractivity contribution in [2.75, 3.05) is 0 Å². The molecule has 1 saturated heterocycles. The number of ether oxygens (including phenoxy) is 2. The summed E-state index contributed by atoms with van der Waals surface area (Å²) in [5, 5.41) is 9.30. The number of hydrogen-bond acceptors (Lipinski definition) is 3. The molecule has 0 aromatic rings. The second-order valence-corrected chi connectivity index (χ2v) is 5.78. The van der Waals surface area contributed by atoms with E-state index in [1.165, 1.54) is 0 Å². The van der Waals surface area contributed by atoms with Gasteiger partial charge in [-0.1, -0.05) is 43.4 Å². The van der Waals surface area contributed by atoms with Gasteiger partial charge in [0.2, 0.25) is 0 Å². The molecule has 78 valence electrons. The third-order valence-electron chi connectivity index (χ3n) is 2.30. The molecule has 0 radical (unpaired) electrons. The molecular formula is C9H17IO3. The van der Waals surface area contributed by atoms with E-state index in [1.807, 2.05) is 0 Å². The van der Waals surface area contributed by atoms with Crippen LogP contribution in [0.1, 0.15) is 27.2 Å². The molecule has 0 aromatic heterocycles. The fraction of sp³-hybridized carbons (Fsp3) is 1.00. The molecule has 3 nitrogen and oxygen atoms in total. The Balaban J connectivity index is 2.52. The summed E-state index contributed by atoms with van der Waals surface area (Å²) in [6.45, 7) is 5.24. The predicted molar refractivity (Wildman–Crippen MR) is 58.7 cm³/mol. The lowest BCUT2D eigenvalue weighted by molar-refractivity contribution is -0.337. The van der Waals surface area contributed by atoms with Crippen LogP contribution in [0.3, 0.4) is 0 Å². The van der Waals surface area contributed by atoms with Gasteiger partial charge >= 0.3 is 0 Å². The number of halogens is 1. The Kier molecular flexibility index (Phi) is 4.41. The highest BCUT2D eigenvalue weighted by Crippen LogP contribution is 2.26. The smallest absolute Gasteiger partial charge is 0.269 e. The van der Waals surface area contributed by atoms with Crippen molar-refractivity contribution in [1.29, 1.82) is 0 Å². The van der Waals surface area contributed by atoms with Crippen molar-refractivity contribution in [1.82, 2.24) is 0 Å². The molecule has 0 saturated carbocycles. The van der Waals surface area contributed by atoms with Crippen LogP contribution in [0.4, 0.5) is 0 Å². The van der Waals surface area contributed by atoms with E-state index in [0.717, 1.165) is 6.42 Å². The van der Waals surface area contributed by atoms with E-state index in [-0.39, 0.29) is 12.2 Å². The van der Waals surface area contributed by atoms with Gasteiger partial charge in [-0.2, -0.15) is 0 Å². The third kappa shape index (κ3) is 3.34. The molecule has 13 heavy (non-hydrogen) atoms. The Hall–Kier alpha value is 0.610. The Morgan fingerprint density at radius 2 is 1.77 bits per heavy atom. The molecule has 1 aliphatic heterocycles. The van der Waals surface area contributed by atoms with Crippen LogP contribution in [0.25, 0.3) is 0 Å². The van der Waals surface area contributed by atoms with Crippen LogP contribution in [0.15, 0.2) is 0 Å². The average molecular weight is 300 g/mol. The van der Waals surface area contributed by atoms with Crippen LogP contribution in [-0.2, 0) is 9.47 Å². The van der Waals surface area contributed by atoms with E-state index in [9.17, 15) is 5.11 Å². The molecule has 0 bridgehead atoms. The third-order valence-corrected chi connectivity index (χ3v) is 3.11. The van der Waals surface area contributed by atoms with Gasteiger partial charge in [-0.15, -0.1) is 0 Å². The lowest BCUT2D eigenvalue weighted by Crippen LogP contribution is -2.43. The molecule has 0 aromatic carbocycles. The van der Waals surface area contributed by atoms with Gasteiger partial charge in [0.25, 0.3) is 6.48 Å². The summed E-state index contributed by atoms with van der Waals surface area (Å²) >= 11 is 2.31. The van der Waals surface area contributed by atoms with Crippen molar-refractivity contribution >= 4 is 22.6 Å². The second-order valence-electron chi connectivity index (χ2n) is 3.81. The Morgan fingerprint density at radius 3 is 2.23 bits per heavy atom. The number of aliphatic hydroxyl groups is 1. The zero-order valence-electron chi connectivity index (χ0n) is 8.24. The highest BCUT2D eigenvalue weighted by Gasteiger charge is 2.32. The van der Waals surface area contributed by atoms with E-state index in [4.69, 9.17) is 9.47 Å². The van der Waals surface area contributed by atoms with Crippen LogP contribution < -0.4 is 0 Å². The summed E-state index contributed by atoms with van der Waals surface area (Å²) in [7, 11) is 0. The molecule has 1 N–H and O–H groups in total. The van der Waals surface area contributed by atoms with Crippen LogP contribution in [-0.4, -0.2) is 27.7 Å². The number of aliphatic hydroxyl groups excluding tert-OH is 1. The fourth-order valence-corrected chi connectivity index (χ4v) is 1.86. The van der Waals surface area contributed by atoms with E-state index in [2.05, 4.69) is 43.4 Å². The van der Waals surface area contributed by atoms with Crippen molar-refractivity contribution in [2.24, 2.45) is 5.92 Å². The highest BCUT2D eigenvalue weighted by molar-refractivity contribution is 14.1. The molecular weight excluding hydrogens is 283 g/mol. The van der Waals surface area contributed by atoms with E-state index in [0.29, 0.717) is 9.84 Å². The van der Waals surface area contributed by atoms with Crippen LogP contribution in [0.5, 0.6) is 0 Å².